The van der Waals surface area contributed by atoms with E-state index in [0.29, 0.717) is 0 Å². The van der Waals surface area contributed by atoms with E-state index >= 15 is 0 Å². The van der Waals surface area contributed by atoms with Crippen LogP contribution < -0.4 is 4.18 Å². The smallest absolute Gasteiger partial charge is 0.375 e. The second-order valence-electron chi connectivity index (χ2n) is 3.91. The van der Waals surface area contributed by atoms with Gasteiger partial charge in [0.25, 0.3) is 0 Å². The number of hydrogen-bond donors (Lipinski definition) is 0. The summed E-state index contributed by atoms with van der Waals surface area (Å²) in [6.07, 6.45) is 0. The van der Waals surface area contributed by atoms with Crippen LogP contribution in [0.4, 0.5) is 17.6 Å². The summed E-state index contributed by atoms with van der Waals surface area (Å²) in [5.74, 6) is -1.37. The van der Waals surface area contributed by atoms with Gasteiger partial charge in [-0.2, -0.15) is 21.6 Å². The Kier molecular flexibility index (Phi) is 3.32. The molecule has 0 saturated heterocycles. The number of benzene rings is 1. The summed E-state index contributed by atoms with van der Waals surface area (Å²) in [5.41, 5.74) is -5.21. The first-order valence-electron chi connectivity index (χ1n) is 5.18. The average Bonchev–Trinajstić information content (AvgIpc) is 2.28. The number of aryl methyl sites for hydroxylation is 1. The van der Waals surface area contributed by atoms with E-state index in [4.69, 9.17) is 0 Å². The van der Waals surface area contributed by atoms with Crippen LogP contribution in [0.25, 0.3) is 10.9 Å². The highest BCUT2D eigenvalue weighted by Gasteiger charge is 2.48. The Morgan fingerprint density at radius 1 is 1.20 bits per heavy atom. The zero-order chi connectivity index (χ0) is 15.1. The van der Waals surface area contributed by atoms with E-state index in [1.807, 2.05) is 0 Å². The van der Waals surface area contributed by atoms with Crippen LogP contribution in [0, 0.1) is 12.7 Å². The lowest BCUT2D eigenvalue weighted by Gasteiger charge is -2.12. The van der Waals surface area contributed by atoms with Gasteiger partial charge >= 0.3 is 15.6 Å². The molecule has 1 aromatic heterocycles. The normalized spacial score (nSPS) is 12.7. The van der Waals surface area contributed by atoms with E-state index in [0.717, 1.165) is 18.2 Å². The maximum atomic E-state index is 13.1. The third kappa shape index (κ3) is 2.67. The van der Waals surface area contributed by atoms with Crippen LogP contribution in [0.3, 0.4) is 0 Å². The van der Waals surface area contributed by atoms with Gasteiger partial charge in [0.15, 0.2) is 5.75 Å². The molecule has 2 rings (SSSR count). The SMILES string of the molecule is Cc1cc(OS(=O)(=O)C(F)(F)F)c2cc(F)ccc2n1. The lowest BCUT2D eigenvalue weighted by atomic mass is 10.2. The Morgan fingerprint density at radius 2 is 1.85 bits per heavy atom. The highest BCUT2D eigenvalue weighted by atomic mass is 32.2. The van der Waals surface area contributed by atoms with Crippen LogP contribution in [0.2, 0.25) is 0 Å². The molecule has 9 heteroatoms. The van der Waals surface area contributed by atoms with Crippen LogP contribution in [0.5, 0.6) is 5.75 Å². The second-order valence-corrected chi connectivity index (χ2v) is 5.44. The number of hydrogen-bond acceptors (Lipinski definition) is 4. The fourth-order valence-corrected chi connectivity index (χ4v) is 2.00. The molecule has 20 heavy (non-hydrogen) atoms. The standard InChI is InChI=1S/C11H7F4NO3S/c1-6-4-10(19-20(17,18)11(13,14)15)8-5-7(12)2-3-9(8)16-6/h2-5H,1H3. The zero-order valence-electron chi connectivity index (χ0n) is 9.90. The molecule has 0 radical (unpaired) electrons. The molecule has 0 atom stereocenters. The Balaban J connectivity index is 2.63. The molecule has 0 bridgehead atoms. The van der Waals surface area contributed by atoms with Crippen molar-refractivity contribution >= 4 is 21.0 Å². The Hall–Kier alpha value is -1.90. The molecule has 1 aromatic carbocycles. The Bertz CT molecular complexity index is 771. The third-order valence-electron chi connectivity index (χ3n) is 2.34. The molecule has 0 fully saturated rings. The van der Waals surface area contributed by atoms with Gasteiger partial charge < -0.3 is 4.18 Å². The van der Waals surface area contributed by atoms with Crippen molar-refractivity contribution in [2.45, 2.75) is 12.4 Å². The minimum atomic E-state index is -5.82. The summed E-state index contributed by atoms with van der Waals surface area (Å²) in [6, 6.07) is 4.11. The summed E-state index contributed by atoms with van der Waals surface area (Å²) in [4.78, 5) is 3.95. The van der Waals surface area contributed by atoms with E-state index in [1.54, 1.807) is 0 Å². The van der Waals surface area contributed by atoms with Crippen molar-refractivity contribution in [1.29, 1.82) is 0 Å². The van der Waals surface area contributed by atoms with Crippen molar-refractivity contribution in [2.75, 3.05) is 0 Å². The second kappa shape index (κ2) is 4.58. The zero-order valence-corrected chi connectivity index (χ0v) is 10.7. The molecule has 0 aliphatic carbocycles. The molecule has 0 unspecified atom stereocenters. The lowest BCUT2D eigenvalue weighted by Crippen LogP contribution is -2.28. The summed E-state index contributed by atoms with van der Waals surface area (Å²) in [7, 11) is -5.82. The van der Waals surface area contributed by atoms with E-state index < -0.39 is 27.2 Å². The molecular weight excluding hydrogens is 302 g/mol. The predicted octanol–water partition coefficient (Wildman–Crippen LogP) is 2.91. The summed E-state index contributed by atoms with van der Waals surface area (Å²) < 4.78 is 76.1. The van der Waals surface area contributed by atoms with Crippen LogP contribution >= 0.6 is 0 Å². The molecule has 4 nitrogen and oxygen atoms in total. The lowest BCUT2D eigenvalue weighted by molar-refractivity contribution is -0.0499. The summed E-state index contributed by atoms with van der Waals surface area (Å²) in [6.45, 7) is 1.44. The molecule has 0 N–H and O–H groups in total. The van der Waals surface area contributed by atoms with Crippen LogP contribution in [0.15, 0.2) is 24.3 Å². The number of nitrogens with zero attached hydrogens (tertiary/aromatic N) is 1. The molecule has 2 aromatic rings. The highest BCUT2D eigenvalue weighted by Crippen LogP contribution is 2.32. The van der Waals surface area contributed by atoms with Gasteiger partial charge in [-0.1, -0.05) is 0 Å². The Morgan fingerprint density at radius 3 is 2.45 bits per heavy atom. The van der Waals surface area contributed by atoms with Gasteiger partial charge in [-0.25, -0.2) is 4.39 Å². The van der Waals surface area contributed by atoms with Crippen molar-refractivity contribution in [2.24, 2.45) is 0 Å². The number of rotatable bonds is 2. The van der Waals surface area contributed by atoms with Crippen molar-refractivity contribution in [3.63, 3.8) is 0 Å². The van der Waals surface area contributed by atoms with Gasteiger partial charge in [-0.15, -0.1) is 0 Å². The number of halogens is 4. The average molecular weight is 309 g/mol. The first kappa shape index (κ1) is 14.5. The minimum absolute atomic E-state index is 0.124. The topological polar surface area (TPSA) is 56.3 Å². The minimum Gasteiger partial charge on any atom is -0.375 e. The van der Waals surface area contributed by atoms with E-state index in [9.17, 15) is 26.0 Å². The van der Waals surface area contributed by atoms with E-state index in [2.05, 4.69) is 9.17 Å². The quantitative estimate of drug-likeness (QED) is 0.486. The van der Waals surface area contributed by atoms with Gasteiger partial charge in [0.1, 0.15) is 5.82 Å². The number of alkyl halides is 3. The van der Waals surface area contributed by atoms with Crippen molar-refractivity contribution in [3.8, 4) is 5.75 Å². The monoisotopic (exact) mass is 309 g/mol. The third-order valence-corrected chi connectivity index (χ3v) is 3.31. The fraction of sp³-hybridized carbons (Fsp3) is 0.182. The summed E-state index contributed by atoms with van der Waals surface area (Å²) in [5, 5.41) is -0.163. The van der Waals surface area contributed by atoms with Crippen molar-refractivity contribution in [1.82, 2.24) is 4.98 Å². The molecule has 0 amide bonds. The largest absolute Gasteiger partial charge is 0.534 e. The molecule has 0 aliphatic heterocycles. The van der Waals surface area contributed by atoms with Gasteiger partial charge in [0.05, 0.1) is 5.52 Å². The maximum Gasteiger partial charge on any atom is 0.534 e. The summed E-state index contributed by atoms with van der Waals surface area (Å²) >= 11 is 0. The van der Waals surface area contributed by atoms with Gasteiger partial charge in [0, 0.05) is 17.1 Å². The van der Waals surface area contributed by atoms with Gasteiger partial charge in [0.2, 0.25) is 0 Å². The Labute approximate surface area is 111 Å². The van der Waals surface area contributed by atoms with Crippen LogP contribution in [-0.4, -0.2) is 18.9 Å². The number of pyridine rings is 1. The first-order chi connectivity index (χ1) is 9.10. The fourth-order valence-electron chi connectivity index (χ4n) is 1.53. The molecule has 0 spiro atoms. The number of fused-ring (bicyclic) bond motifs is 1. The first-order valence-corrected chi connectivity index (χ1v) is 6.59. The van der Waals surface area contributed by atoms with Crippen molar-refractivity contribution in [3.05, 3.63) is 35.8 Å². The molecule has 108 valence electrons. The van der Waals surface area contributed by atoms with E-state index in [-0.39, 0.29) is 16.6 Å². The molecule has 1 heterocycles. The van der Waals surface area contributed by atoms with Gasteiger partial charge in [-0.05, 0) is 25.1 Å². The predicted molar refractivity (Wildman–Crippen MR) is 62.0 cm³/mol. The molecular formula is C11H7F4NO3S. The molecule has 0 saturated carbocycles. The number of aromatic nitrogens is 1. The van der Waals surface area contributed by atoms with Gasteiger partial charge in [-0.3, -0.25) is 4.98 Å². The van der Waals surface area contributed by atoms with Crippen LogP contribution in [-0.2, 0) is 10.1 Å². The van der Waals surface area contributed by atoms with Crippen molar-refractivity contribution < 1.29 is 30.2 Å². The highest BCUT2D eigenvalue weighted by molar-refractivity contribution is 7.88. The van der Waals surface area contributed by atoms with E-state index in [1.165, 1.54) is 13.0 Å². The molecule has 0 aliphatic rings. The van der Waals surface area contributed by atoms with Crippen LogP contribution in [0.1, 0.15) is 5.69 Å². The maximum absolute atomic E-state index is 13.1.